The maximum Gasteiger partial charge on any atom is 0.302 e. The molecule has 4 atom stereocenters. The molecule has 0 aromatic carbocycles. The highest BCUT2D eigenvalue weighted by atomic mass is 16.7. The monoisotopic (exact) mass is 304 g/mol. The van der Waals surface area contributed by atoms with Crippen molar-refractivity contribution in [1.82, 2.24) is 0 Å². The van der Waals surface area contributed by atoms with E-state index in [1.165, 1.54) is 13.8 Å². The molecule has 1 saturated heterocycles. The van der Waals surface area contributed by atoms with Crippen molar-refractivity contribution >= 4 is 11.9 Å². The summed E-state index contributed by atoms with van der Waals surface area (Å²) in [5.41, 5.74) is 0. The van der Waals surface area contributed by atoms with Gasteiger partial charge < -0.3 is 24.1 Å². The molecule has 0 spiro atoms. The predicted octanol–water partition coefficient (Wildman–Crippen LogP) is 0.774. The van der Waals surface area contributed by atoms with Crippen LogP contribution in [0.1, 0.15) is 40.0 Å². The van der Waals surface area contributed by atoms with E-state index in [0.717, 1.165) is 12.8 Å². The third-order valence-electron chi connectivity index (χ3n) is 3.08. The first-order valence-electron chi connectivity index (χ1n) is 7.19. The first-order chi connectivity index (χ1) is 9.93. The molecule has 0 saturated carbocycles. The fourth-order valence-electron chi connectivity index (χ4n) is 2.15. The van der Waals surface area contributed by atoms with E-state index in [4.69, 9.17) is 18.9 Å². The average Bonchev–Trinajstić information content (AvgIpc) is 2.38. The maximum atomic E-state index is 11.2. The van der Waals surface area contributed by atoms with Gasteiger partial charge in [0.05, 0.1) is 0 Å². The van der Waals surface area contributed by atoms with Gasteiger partial charge in [-0.3, -0.25) is 9.59 Å². The zero-order valence-electron chi connectivity index (χ0n) is 12.7. The number of carbonyl (C=O) groups is 2. The van der Waals surface area contributed by atoms with Crippen LogP contribution in [0.3, 0.4) is 0 Å². The third-order valence-corrected chi connectivity index (χ3v) is 3.08. The number of carbonyl (C=O) groups excluding carboxylic acids is 2. The Morgan fingerprint density at radius 2 is 2.00 bits per heavy atom. The first-order valence-corrected chi connectivity index (χ1v) is 7.19. The van der Waals surface area contributed by atoms with Crippen molar-refractivity contribution in [1.29, 1.82) is 0 Å². The Labute approximate surface area is 124 Å². The molecular weight excluding hydrogens is 280 g/mol. The van der Waals surface area contributed by atoms with Gasteiger partial charge in [0.15, 0.2) is 6.29 Å². The molecule has 1 heterocycles. The van der Waals surface area contributed by atoms with Crippen LogP contribution < -0.4 is 0 Å². The summed E-state index contributed by atoms with van der Waals surface area (Å²) >= 11 is 0. The summed E-state index contributed by atoms with van der Waals surface area (Å²) in [6.45, 7) is 5.04. The molecule has 7 nitrogen and oxygen atoms in total. The van der Waals surface area contributed by atoms with Crippen molar-refractivity contribution in [2.75, 3.05) is 13.2 Å². The number of ether oxygens (including phenoxy) is 4. The van der Waals surface area contributed by atoms with Gasteiger partial charge in [-0.05, 0) is 6.42 Å². The molecule has 0 aromatic rings. The fraction of sp³-hybridized carbons (Fsp3) is 0.857. The lowest BCUT2D eigenvalue weighted by Crippen LogP contribution is -2.53. The normalized spacial score (nSPS) is 29.0. The average molecular weight is 304 g/mol. The minimum absolute atomic E-state index is 0.0546. The Kier molecular flexibility index (Phi) is 7.63. The quantitative estimate of drug-likeness (QED) is 0.549. The summed E-state index contributed by atoms with van der Waals surface area (Å²) in [4.78, 5) is 22.1. The van der Waals surface area contributed by atoms with Gasteiger partial charge in [0, 0.05) is 26.9 Å². The summed E-state index contributed by atoms with van der Waals surface area (Å²) in [5.74, 6) is -0.903. The Bertz CT molecular complexity index is 344. The fourth-order valence-corrected chi connectivity index (χ4v) is 2.15. The standard InChI is InChI=1S/C14H24O7/c1-4-5-6-18-14-11(20-10(3)16)7-13(17)21-12(14)8-19-9(2)15/h11-14,17H,4-8H2,1-3H3. The highest BCUT2D eigenvalue weighted by Gasteiger charge is 2.41. The van der Waals surface area contributed by atoms with Gasteiger partial charge in [-0.2, -0.15) is 0 Å². The number of esters is 2. The highest BCUT2D eigenvalue weighted by molar-refractivity contribution is 5.66. The van der Waals surface area contributed by atoms with Gasteiger partial charge in [-0.15, -0.1) is 0 Å². The number of hydrogen-bond acceptors (Lipinski definition) is 7. The number of aliphatic hydroxyl groups is 1. The summed E-state index contributed by atoms with van der Waals surface area (Å²) in [7, 11) is 0. The summed E-state index contributed by atoms with van der Waals surface area (Å²) in [6.07, 6.45) is -0.992. The zero-order chi connectivity index (χ0) is 15.8. The Morgan fingerprint density at radius 3 is 2.57 bits per heavy atom. The SMILES string of the molecule is CCCCOC1C(OC(C)=O)CC(O)OC1COC(C)=O. The van der Waals surface area contributed by atoms with E-state index in [9.17, 15) is 14.7 Å². The molecule has 21 heavy (non-hydrogen) atoms. The van der Waals surface area contributed by atoms with Gasteiger partial charge in [-0.25, -0.2) is 0 Å². The molecule has 1 aliphatic heterocycles. The van der Waals surface area contributed by atoms with Crippen molar-refractivity contribution < 1.29 is 33.6 Å². The lowest BCUT2D eigenvalue weighted by molar-refractivity contribution is -0.256. The van der Waals surface area contributed by atoms with Crippen LogP contribution in [0.2, 0.25) is 0 Å². The van der Waals surface area contributed by atoms with Crippen LogP contribution in [0, 0.1) is 0 Å². The molecule has 0 radical (unpaired) electrons. The first kappa shape index (κ1) is 17.9. The van der Waals surface area contributed by atoms with E-state index in [-0.39, 0.29) is 13.0 Å². The largest absolute Gasteiger partial charge is 0.463 e. The van der Waals surface area contributed by atoms with Crippen LogP contribution in [0.25, 0.3) is 0 Å². The van der Waals surface area contributed by atoms with Gasteiger partial charge in [-0.1, -0.05) is 13.3 Å². The van der Waals surface area contributed by atoms with Gasteiger partial charge in [0.25, 0.3) is 0 Å². The number of hydrogen-bond donors (Lipinski definition) is 1. The predicted molar refractivity (Wildman–Crippen MR) is 72.3 cm³/mol. The minimum atomic E-state index is -1.08. The molecule has 0 bridgehead atoms. The second-order valence-electron chi connectivity index (χ2n) is 5.00. The van der Waals surface area contributed by atoms with Crippen LogP contribution in [0.15, 0.2) is 0 Å². The second kappa shape index (κ2) is 8.96. The molecule has 0 aromatic heterocycles. The Hall–Kier alpha value is -1.18. The Morgan fingerprint density at radius 1 is 1.29 bits per heavy atom. The molecule has 4 unspecified atom stereocenters. The van der Waals surface area contributed by atoms with Crippen LogP contribution in [0.5, 0.6) is 0 Å². The van der Waals surface area contributed by atoms with Crippen molar-refractivity contribution in [2.45, 2.75) is 64.6 Å². The molecule has 1 fully saturated rings. The van der Waals surface area contributed by atoms with Gasteiger partial charge in [0.1, 0.15) is 24.9 Å². The molecule has 1 rings (SSSR count). The number of rotatable bonds is 7. The van der Waals surface area contributed by atoms with E-state index in [1.807, 2.05) is 6.92 Å². The van der Waals surface area contributed by atoms with Gasteiger partial charge >= 0.3 is 11.9 Å². The second-order valence-corrected chi connectivity index (χ2v) is 5.00. The van der Waals surface area contributed by atoms with Gasteiger partial charge in [0.2, 0.25) is 0 Å². The lowest BCUT2D eigenvalue weighted by atomic mass is 10.0. The smallest absolute Gasteiger partial charge is 0.302 e. The van der Waals surface area contributed by atoms with Crippen LogP contribution in [0.4, 0.5) is 0 Å². The van der Waals surface area contributed by atoms with Crippen LogP contribution in [-0.2, 0) is 28.5 Å². The van der Waals surface area contributed by atoms with Crippen LogP contribution >= 0.6 is 0 Å². The highest BCUT2D eigenvalue weighted by Crippen LogP contribution is 2.25. The summed E-state index contributed by atoms with van der Waals surface area (Å²) in [6, 6.07) is 0. The lowest BCUT2D eigenvalue weighted by Gasteiger charge is -2.39. The van der Waals surface area contributed by atoms with E-state index in [2.05, 4.69) is 0 Å². The van der Waals surface area contributed by atoms with E-state index in [0.29, 0.717) is 6.61 Å². The van der Waals surface area contributed by atoms with Crippen LogP contribution in [-0.4, -0.2) is 54.9 Å². The molecule has 1 aliphatic rings. The molecule has 0 amide bonds. The third kappa shape index (κ3) is 6.41. The van der Waals surface area contributed by atoms with Crippen molar-refractivity contribution in [3.05, 3.63) is 0 Å². The minimum Gasteiger partial charge on any atom is -0.463 e. The molecular formula is C14H24O7. The molecule has 7 heteroatoms. The van der Waals surface area contributed by atoms with Crippen molar-refractivity contribution in [3.63, 3.8) is 0 Å². The topological polar surface area (TPSA) is 91.3 Å². The van der Waals surface area contributed by atoms with E-state index >= 15 is 0 Å². The summed E-state index contributed by atoms with van der Waals surface area (Å²) in [5, 5.41) is 9.71. The van der Waals surface area contributed by atoms with Crippen molar-refractivity contribution in [2.24, 2.45) is 0 Å². The van der Waals surface area contributed by atoms with E-state index in [1.54, 1.807) is 0 Å². The van der Waals surface area contributed by atoms with E-state index < -0.39 is 36.5 Å². The molecule has 122 valence electrons. The zero-order valence-corrected chi connectivity index (χ0v) is 12.7. The number of unbranched alkanes of at least 4 members (excludes halogenated alkanes) is 1. The summed E-state index contributed by atoms with van der Waals surface area (Å²) < 4.78 is 21.2. The maximum absolute atomic E-state index is 11.2. The Balaban J connectivity index is 2.72. The van der Waals surface area contributed by atoms with Crippen molar-refractivity contribution in [3.8, 4) is 0 Å². The number of aliphatic hydroxyl groups excluding tert-OH is 1. The molecule has 1 N–H and O–H groups in total. The molecule has 0 aliphatic carbocycles.